The summed E-state index contributed by atoms with van der Waals surface area (Å²) in [6.07, 6.45) is 9.53. The maximum Gasteiger partial charge on any atom is 0.327 e. The van der Waals surface area contributed by atoms with Gasteiger partial charge >= 0.3 is 8.60 Å². The summed E-state index contributed by atoms with van der Waals surface area (Å²) in [4.78, 5) is 17.5. The molecule has 1 fully saturated rings. The Kier molecular flexibility index (Phi) is 5.88. The van der Waals surface area contributed by atoms with Crippen LogP contribution < -0.4 is 0 Å². The van der Waals surface area contributed by atoms with Gasteiger partial charge in [0.05, 0.1) is 6.10 Å². The molecular formula is C9H19O3P. The van der Waals surface area contributed by atoms with Crippen LogP contribution in [0.5, 0.6) is 0 Å². The Hall–Kier alpha value is 0.310. The third kappa shape index (κ3) is 5.58. The summed E-state index contributed by atoms with van der Waals surface area (Å²) in [5.41, 5.74) is 0. The van der Waals surface area contributed by atoms with E-state index in [0.717, 1.165) is 25.7 Å². The molecule has 3 nitrogen and oxygen atoms in total. The van der Waals surface area contributed by atoms with Crippen molar-refractivity contribution in [1.82, 2.24) is 0 Å². The minimum Gasteiger partial charge on any atom is -0.328 e. The predicted molar refractivity (Wildman–Crippen MR) is 53.2 cm³/mol. The van der Waals surface area contributed by atoms with Gasteiger partial charge in [0.15, 0.2) is 0 Å². The molecule has 0 atom stereocenters. The fraction of sp³-hybridized carbons (Fsp3) is 1.00. The summed E-state index contributed by atoms with van der Waals surface area (Å²) in [6, 6.07) is 0. The van der Waals surface area contributed by atoms with Crippen LogP contribution in [0.15, 0.2) is 0 Å². The Balaban J connectivity index is 2.24. The van der Waals surface area contributed by atoms with Crippen LogP contribution in [-0.4, -0.2) is 15.9 Å². The van der Waals surface area contributed by atoms with Crippen molar-refractivity contribution in [3.8, 4) is 0 Å². The minimum atomic E-state index is -2.15. The van der Waals surface area contributed by atoms with Gasteiger partial charge in [-0.05, 0) is 12.8 Å². The number of rotatable bonds is 2. The predicted octanol–water partition coefficient (Wildman–Crippen LogP) is 2.72. The second kappa shape index (κ2) is 6.72. The molecule has 4 heteroatoms. The highest BCUT2D eigenvalue weighted by molar-refractivity contribution is 7.39. The van der Waals surface area contributed by atoms with Gasteiger partial charge in [0.1, 0.15) is 0 Å². The number of hydrogen-bond acceptors (Lipinski definition) is 3. The molecular weight excluding hydrogens is 187 g/mol. The van der Waals surface area contributed by atoms with Gasteiger partial charge < -0.3 is 14.3 Å². The Labute approximate surface area is 81.1 Å². The molecule has 13 heavy (non-hydrogen) atoms. The third-order valence-electron chi connectivity index (χ3n) is 2.55. The second-order valence-electron chi connectivity index (χ2n) is 3.68. The van der Waals surface area contributed by atoms with E-state index in [4.69, 9.17) is 14.3 Å². The van der Waals surface area contributed by atoms with Crippen molar-refractivity contribution < 1.29 is 14.3 Å². The lowest BCUT2D eigenvalue weighted by molar-refractivity contribution is 0.150. The van der Waals surface area contributed by atoms with E-state index in [1.807, 2.05) is 0 Å². The Morgan fingerprint density at radius 2 is 1.31 bits per heavy atom. The molecule has 0 amide bonds. The summed E-state index contributed by atoms with van der Waals surface area (Å²) in [5.74, 6) is 0. The van der Waals surface area contributed by atoms with Crippen molar-refractivity contribution in [2.24, 2.45) is 0 Å². The molecule has 0 radical (unpaired) electrons. The molecule has 1 aliphatic carbocycles. The summed E-state index contributed by atoms with van der Waals surface area (Å²) < 4.78 is 5.06. The summed E-state index contributed by atoms with van der Waals surface area (Å²) >= 11 is 0. The molecule has 0 saturated heterocycles. The van der Waals surface area contributed by atoms with E-state index in [1.165, 1.54) is 25.7 Å². The smallest absolute Gasteiger partial charge is 0.327 e. The highest BCUT2D eigenvalue weighted by Crippen LogP contribution is 2.31. The van der Waals surface area contributed by atoms with Crippen LogP contribution in [0, 0.1) is 0 Å². The zero-order chi connectivity index (χ0) is 9.52. The quantitative estimate of drug-likeness (QED) is 0.683. The fourth-order valence-electron chi connectivity index (χ4n) is 1.83. The van der Waals surface area contributed by atoms with Crippen molar-refractivity contribution in [3.05, 3.63) is 0 Å². The molecule has 0 aromatic rings. The molecule has 0 bridgehead atoms. The second-order valence-corrected chi connectivity index (χ2v) is 4.40. The molecule has 0 aromatic heterocycles. The van der Waals surface area contributed by atoms with Crippen LogP contribution in [0.3, 0.4) is 0 Å². The Bertz CT molecular complexity index is 120. The van der Waals surface area contributed by atoms with Gasteiger partial charge in [-0.2, -0.15) is 0 Å². The van der Waals surface area contributed by atoms with Gasteiger partial charge in [0, 0.05) is 0 Å². The maximum absolute atomic E-state index is 8.74. The molecule has 0 aliphatic heterocycles. The Morgan fingerprint density at radius 3 is 1.77 bits per heavy atom. The van der Waals surface area contributed by atoms with E-state index in [1.54, 1.807) is 0 Å². The first-order chi connectivity index (χ1) is 6.29. The SMILES string of the molecule is OP(O)OC1CCCCCCCC1. The third-order valence-corrected chi connectivity index (χ3v) is 3.03. The fourth-order valence-corrected chi connectivity index (χ4v) is 2.31. The van der Waals surface area contributed by atoms with Crippen LogP contribution in [0.1, 0.15) is 51.4 Å². The van der Waals surface area contributed by atoms with E-state index in [0.29, 0.717) is 0 Å². The molecule has 0 heterocycles. The summed E-state index contributed by atoms with van der Waals surface area (Å²) in [7, 11) is -2.15. The molecule has 0 aromatic carbocycles. The zero-order valence-electron chi connectivity index (χ0n) is 7.98. The van der Waals surface area contributed by atoms with Gasteiger partial charge in [-0.15, -0.1) is 0 Å². The lowest BCUT2D eigenvalue weighted by Crippen LogP contribution is -2.09. The zero-order valence-corrected chi connectivity index (χ0v) is 8.88. The first-order valence-corrected chi connectivity index (χ1v) is 6.30. The van der Waals surface area contributed by atoms with E-state index < -0.39 is 8.60 Å². The first-order valence-electron chi connectivity index (χ1n) is 5.13. The normalized spacial score (nSPS) is 22.4. The van der Waals surface area contributed by atoms with Gasteiger partial charge in [0.25, 0.3) is 0 Å². The number of hydrogen-bond donors (Lipinski definition) is 2. The average Bonchev–Trinajstić information content (AvgIpc) is 2.17. The monoisotopic (exact) mass is 206 g/mol. The molecule has 1 saturated carbocycles. The lowest BCUT2D eigenvalue weighted by atomic mass is 10.1. The highest BCUT2D eigenvalue weighted by atomic mass is 31.2. The molecule has 78 valence electrons. The standard InChI is InChI=1S/C9H19O3P/c10-13(11)12-9-7-5-3-1-2-4-6-8-9/h9-11H,1-8H2. The van der Waals surface area contributed by atoms with Gasteiger partial charge in [-0.3, -0.25) is 0 Å². The van der Waals surface area contributed by atoms with Crippen molar-refractivity contribution in [2.45, 2.75) is 57.5 Å². The molecule has 2 N–H and O–H groups in total. The highest BCUT2D eigenvalue weighted by Gasteiger charge is 2.14. The van der Waals surface area contributed by atoms with Gasteiger partial charge in [-0.1, -0.05) is 38.5 Å². The molecule has 1 rings (SSSR count). The van der Waals surface area contributed by atoms with Crippen LogP contribution in [0.4, 0.5) is 0 Å². The molecule has 0 spiro atoms. The molecule has 0 unspecified atom stereocenters. The van der Waals surface area contributed by atoms with Crippen LogP contribution in [-0.2, 0) is 4.52 Å². The van der Waals surface area contributed by atoms with E-state index in [2.05, 4.69) is 0 Å². The van der Waals surface area contributed by atoms with Crippen LogP contribution >= 0.6 is 8.60 Å². The summed E-state index contributed by atoms with van der Waals surface area (Å²) in [6.45, 7) is 0. The van der Waals surface area contributed by atoms with Gasteiger partial charge in [-0.25, -0.2) is 0 Å². The van der Waals surface area contributed by atoms with Crippen LogP contribution in [0.2, 0.25) is 0 Å². The average molecular weight is 206 g/mol. The van der Waals surface area contributed by atoms with Crippen molar-refractivity contribution in [1.29, 1.82) is 0 Å². The first kappa shape index (κ1) is 11.4. The van der Waals surface area contributed by atoms with E-state index >= 15 is 0 Å². The Morgan fingerprint density at radius 1 is 0.846 bits per heavy atom. The lowest BCUT2D eigenvalue weighted by Gasteiger charge is -2.16. The molecule has 1 aliphatic rings. The van der Waals surface area contributed by atoms with E-state index in [-0.39, 0.29) is 6.10 Å². The van der Waals surface area contributed by atoms with Crippen molar-refractivity contribution >= 4 is 8.60 Å². The maximum atomic E-state index is 8.74. The summed E-state index contributed by atoms with van der Waals surface area (Å²) in [5, 5.41) is 0. The van der Waals surface area contributed by atoms with E-state index in [9.17, 15) is 0 Å². The van der Waals surface area contributed by atoms with Gasteiger partial charge in [0.2, 0.25) is 0 Å². The van der Waals surface area contributed by atoms with Crippen molar-refractivity contribution in [3.63, 3.8) is 0 Å². The van der Waals surface area contributed by atoms with Crippen molar-refractivity contribution in [2.75, 3.05) is 0 Å². The largest absolute Gasteiger partial charge is 0.328 e. The topological polar surface area (TPSA) is 49.7 Å². The minimum absolute atomic E-state index is 0.0826. The van der Waals surface area contributed by atoms with Crippen LogP contribution in [0.25, 0.3) is 0 Å².